The average Bonchev–Trinajstić information content (AvgIpc) is 2.16. The summed E-state index contributed by atoms with van der Waals surface area (Å²) in [4.78, 5) is 14.0. The number of alkyl halides is 3. The molecule has 0 spiro atoms. The normalized spacial score (nSPS) is 10.7. The van der Waals surface area contributed by atoms with Gasteiger partial charge in [0.25, 0.3) is 6.43 Å². The van der Waals surface area contributed by atoms with Gasteiger partial charge in [0.15, 0.2) is 5.69 Å². The maximum absolute atomic E-state index is 12.6. The minimum atomic E-state index is -2.98. The van der Waals surface area contributed by atoms with E-state index in [1.807, 2.05) is 0 Å². The first kappa shape index (κ1) is 12.1. The van der Waals surface area contributed by atoms with Gasteiger partial charge < -0.3 is 5.11 Å². The van der Waals surface area contributed by atoms with Crippen molar-refractivity contribution in [3.8, 4) is 0 Å². The van der Waals surface area contributed by atoms with Crippen LogP contribution in [-0.4, -0.2) is 16.1 Å². The molecule has 0 fully saturated rings. The molecule has 82 valence electrons. The molecule has 1 aromatic heterocycles. The second-order valence-electron chi connectivity index (χ2n) is 2.59. The van der Waals surface area contributed by atoms with E-state index in [9.17, 15) is 13.6 Å². The molecular weight excluding hydrogens is 251 g/mol. The lowest BCUT2D eigenvalue weighted by molar-refractivity contribution is 0.0676. The summed E-state index contributed by atoms with van der Waals surface area (Å²) in [5.74, 6) is -1.82. The van der Waals surface area contributed by atoms with E-state index in [-0.39, 0.29) is 16.5 Å². The molecule has 0 bridgehead atoms. The number of aromatic carboxylic acids is 1. The van der Waals surface area contributed by atoms with Gasteiger partial charge in [-0.05, 0) is 5.56 Å². The summed E-state index contributed by atoms with van der Waals surface area (Å²) in [6.07, 6.45) is -1.98. The van der Waals surface area contributed by atoms with Gasteiger partial charge in [-0.3, -0.25) is 0 Å². The Hall–Kier alpha value is -0.940. The average molecular weight is 256 g/mol. The van der Waals surface area contributed by atoms with Gasteiger partial charge in [0.05, 0.1) is 10.6 Å². The van der Waals surface area contributed by atoms with E-state index >= 15 is 0 Å². The monoisotopic (exact) mass is 255 g/mol. The van der Waals surface area contributed by atoms with Crippen LogP contribution in [0.2, 0.25) is 5.02 Å². The van der Waals surface area contributed by atoms with Gasteiger partial charge in [-0.2, -0.15) is 0 Å². The molecule has 0 aliphatic heterocycles. The molecule has 0 atom stereocenters. The van der Waals surface area contributed by atoms with Crippen LogP contribution in [0.15, 0.2) is 6.20 Å². The quantitative estimate of drug-likeness (QED) is 0.845. The van der Waals surface area contributed by atoms with E-state index in [0.717, 1.165) is 6.20 Å². The van der Waals surface area contributed by atoms with Crippen molar-refractivity contribution in [2.75, 3.05) is 0 Å². The SMILES string of the molecule is O=C(O)c1ncc(Cl)c(CCl)c1C(F)F. The van der Waals surface area contributed by atoms with Crippen LogP contribution in [0.25, 0.3) is 0 Å². The Labute approximate surface area is 93.6 Å². The number of carboxylic acids is 1. The van der Waals surface area contributed by atoms with Crippen molar-refractivity contribution in [3.05, 3.63) is 28.0 Å². The van der Waals surface area contributed by atoms with Crippen molar-refractivity contribution in [1.29, 1.82) is 0 Å². The second kappa shape index (κ2) is 4.72. The first-order valence-electron chi connectivity index (χ1n) is 3.73. The van der Waals surface area contributed by atoms with E-state index in [1.165, 1.54) is 0 Å². The number of halogens is 4. The van der Waals surface area contributed by atoms with Gasteiger partial charge in [-0.15, -0.1) is 11.6 Å². The highest BCUT2D eigenvalue weighted by Crippen LogP contribution is 2.31. The van der Waals surface area contributed by atoms with Gasteiger partial charge in [-0.1, -0.05) is 11.6 Å². The number of pyridine rings is 1. The maximum atomic E-state index is 12.6. The highest BCUT2D eigenvalue weighted by atomic mass is 35.5. The molecule has 0 aliphatic rings. The molecule has 0 aliphatic carbocycles. The van der Waals surface area contributed by atoms with Crippen LogP contribution in [0, 0.1) is 0 Å². The number of hydrogen-bond acceptors (Lipinski definition) is 2. The minimum absolute atomic E-state index is 0.0645. The Bertz CT molecular complexity index is 398. The molecule has 0 saturated heterocycles. The molecule has 0 radical (unpaired) electrons. The first-order chi connectivity index (χ1) is 6.99. The number of rotatable bonds is 3. The molecular formula is C8H5Cl2F2NO2. The van der Waals surface area contributed by atoms with Gasteiger partial charge in [0.2, 0.25) is 0 Å². The summed E-state index contributed by atoms with van der Waals surface area (Å²) >= 11 is 11.0. The Kier molecular flexibility index (Phi) is 3.82. The molecule has 7 heteroatoms. The van der Waals surface area contributed by atoms with Crippen molar-refractivity contribution in [1.82, 2.24) is 4.98 Å². The predicted molar refractivity (Wildman–Crippen MR) is 50.7 cm³/mol. The number of carboxylic acid groups (broad SMARTS) is 1. The van der Waals surface area contributed by atoms with E-state index in [0.29, 0.717) is 0 Å². The minimum Gasteiger partial charge on any atom is -0.476 e. The Morgan fingerprint density at radius 1 is 1.60 bits per heavy atom. The van der Waals surface area contributed by atoms with Crippen LogP contribution < -0.4 is 0 Å². The molecule has 0 amide bonds. The Morgan fingerprint density at radius 2 is 2.20 bits per heavy atom. The van der Waals surface area contributed by atoms with Crippen molar-refractivity contribution in [3.63, 3.8) is 0 Å². The van der Waals surface area contributed by atoms with Crippen molar-refractivity contribution >= 4 is 29.2 Å². The molecule has 0 aromatic carbocycles. The topological polar surface area (TPSA) is 50.2 Å². The standard InChI is InChI=1S/C8H5Cl2F2NO2/c9-1-3-4(10)2-13-6(8(14)15)5(3)7(11)12/h2,7H,1H2,(H,14,15). The summed E-state index contributed by atoms with van der Waals surface area (Å²) < 4.78 is 25.2. The highest BCUT2D eigenvalue weighted by Gasteiger charge is 2.24. The molecule has 3 nitrogen and oxygen atoms in total. The fraction of sp³-hybridized carbons (Fsp3) is 0.250. The molecule has 15 heavy (non-hydrogen) atoms. The zero-order chi connectivity index (χ0) is 11.6. The van der Waals surface area contributed by atoms with Crippen LogP contribution >= 0.6 is 23.2 Å². The number of hydrogen-bond donors (Lipinski definition) is 1. The van der Waals surface area contributed by atoms with Crippen molar-refractivity contribution < 1.29 is 18.7 Å². The fourth-order valence-corrected chi connectivity index (χ4v) is 1.66. The fourth-order valence-electron chi connectivity index (χ4n) is 1.08. The molecule has 1 rings (SSSR count). The third-order valence-electron chi connectivity index (χ3n) is 1.73. The molecule has 1 N–H and O–H groups in total. The largest absolute Gasteiger partial charge is 0.476 e. The lowest BCUT2D eigenvalue weighted by Gasteiger charge is -2.10. The van der Waals surface area contributed by atoms with Crippen molar-refractivity contribution in [2.45, 2.75) is 12.3 Å². The van der Waals surface area contributed by atoms with E-state index < -0.39 is 23.7 Å². The van der Waals surface area contributed by atoms with Crippen LogP contribution in [-0.2, 0) is 5.88 Å². The van der Waals surface area contributed by atoms with Gasteiger partial charge >= 0.3 is 5.97 Å². The van der Waals surface area contributed by atoms with Gasteiger partial charge in [-0.25, -0.2) is 18.6 Å². The van der Waals surface area contributed by atoms with Gasteiger partial charge in [0.1, 0.15) is 0 Å². The van der Waals surface area contributed by atoms with E-state index in [1.54, 1.807) is 0 Å². The Morgan fingerprint density at radius 3 is 2.60 bits per heavy atom. The number of aromatic nitrogens is 1. The van der Waals surface area contributed by atoms with E-state index in [2.05, 4.69) is 4.98 Å². The predicted octanol–water partition coefficient (Wildman–Crippen LogP) is 3.11. The zero-order valence-corrected chi connectivity index (χ0v) is 8.69. The smallest absolute Gasteiger partial charge is 0.355 e. The highest BCUT2D eigenvalue weighted by molar-refractivity contribution is 6.32. The first-order valence-corrected chi connectivity index (χ1v) is 4.65. The molecule has 0 unspecified atom stereocenters. The molecule has 1 aromatic rings. The maximum Gasteiger partial charge on any atom is 0.355 e. The lowest BCUT2D eigenvalue weighted by Crippen LogP contribution is -2.09. The van der Waals surface area contributed by atoms with E-state index in [4.69, 9.17) is 28.3 Å². The summed E-state index contributed by atoms with van der Waals surface area (Å²) in [5, 5.41) is 8.58. The lowest BCUT2D eigenvalue weighted by atomic mass is 10.1. The zero-order valence-electron chi connectivity index (χ0n) is 7.18. The van der Waals surface area contributed by atoms with Crippen LogP contribution in [0.1, 0.15) is 28.0 Å². The third-order valence-corrected chi connectivity index (χ3v) is 2.32. The van der Waals surface area contributed by atoms with Crippen LogP contribution in [0.5, 0.6) is 0 Å². The number of nitrogens with zero attached hydrogens (tertiary/aromatic N) is 1. The van der Waals surface area contributed by atoms with Crippen molar-refractivity contribution in [2.24, 2.45) is 0 Å². The molecule has 0 saturated carbocycles. The Balaban J connectivity index is 3.49. The summed E-state index contributed by atoms with van der Waals surface area (Å²) in [6.45, 7) is 0. The van der Waals surface area contributed by atoms with Gasteiger partial charge in [0, 0.05) is 12.1 Å². The summed E-state index contributed by atoms with van der Waals surface area (Å²) in [7, 11) is 0. The molecule has 1 heterocycles. The summed E-state index contributed by atoms with van der Waals surface area (Å²) in [5.41, 5.74) is -1.53. The van der Waals surface area contributed by atoms with Crippen LogP contribution in [0.4, 0.5) is 8.78 Å². The summed E-state index contributed by atoms with van der Waals surface area (Å²) in [6, 6.07) is 0. The second-order valence-corrected chi connectivity index (χ2v) is 3.26. The number of carbonyl (C=O) groups is 1. The third kappa shape index (κ3) is 2.35. The van der Waals surface area contributed by atoms with Crippen LogP contribution in [0.3, 0.4) is 0 Å².